The van der Waals surface area contributed by atoms with Crippen LogP contribution in [0.3, 0.4) is 0 Å². The van der Waals surface area contributed by atoms with Crippen molar-refractivity contribution in [2.24, 2.45) is 5.73 Å². The van der Waals surface area contributed by atoms with Crippen molar-refractivity contribution in [3.8, 4) is 0 Å². The zero-order chi connectivity index (χ0) is 7.11. The fraction of sp³-hybridized carbons (Fsp3) is 0.750. The molecule has 4 N–H and O–H groups in total. The second-order valence-electron chi connectivity index (χ2n) is 1.27. The first-order valence-electron chi connectivity index (χ1n) is 2.54. The molecule has 0 aliphatic heterocycles. The van der Waals surface area contributed by atoms with Crippen molar-refractivity contribution in [3.63, 3.8) is 0 Å². The molecule has 0 aliphatic rings. The SMILES string of the molecule is CN[C](=[W])NCOCN. The second kappa shape index (κ2) is 6.52. The fourth-order valence-electron chi connectivity index (χ4n) is 0.264. The first kappa shape index (κ1) is 9.40. The standard InChI is InChI=1S/C4H11N3O.W/c1-6-3-7-4-8-2-5;/h6-7H,2,4-5H2,1H3;. The van der Waals surface area contributed by atoms with Crippen molar-refractivity contribution in [2.75, 3.05) is 20.5 Å². The van der Waals surface area contributed by atoms with Gasteiger partial charge in [-0.25, -0.2) is 0 Å². The van der Waals surface area contributed by atoms with Crippen LogP contribution < -0.4 is 16.4 Å². The van der Waals surface area contributed by atoms with E-state index in [0.29, 0.717) is 6.73 Å². The van der Waals surface area contributed by atoms with Crippen LogP contribution in [0.2, 0.25) is 0 Å². The van der Waals surface area contributed by atoms with Crippen LogP contribution in [0.15, 0.2) is 0 Å². The van der Waals surface area contributed by atoms with Gasteiger partial charge in [-0.3, -0.25) is 0 Å². The van der Waals surface area contributed by atoms with Gasteiger partial charge < -0.3 is 0 Å². The molecule has 0 saturated heterocycles. The molecule has 0 spiro atoms. The third kappa shape index (κ3) is 6.28. The Morgan fingerprint density at radius 1 is 1.78 bits per heavy atom. The summed E-state index contributed by atoms with van der Waals surface area (Å²) in [4.78, 5) is 0. The van der Waals surface area contributed by atoms with Gasteiger partial charge in [-0.05, 0) is 0 Å². The van der Waals surface area contributed by atoms with Crippen molar-refractivity contribution in [1.29, 1.82) is 0 Å². The van der Waals surface area contributed by atoms with Gasteiger partial charge in [-0.1, -0.05) is 0 Å². The van der Waals surface area contributed by atoms with E-state index in [0.717, 1.165) is 4.15 Å². The molecule has 0 heterocycles. The Balaban J connectivity index is 2.97. The van der Waals surface area contributed by atoms with Crippen LogP contribution in [-0.2, 0) is 24.1 Å². The number of hydrogen-bond acceptors (Lipinski definition) is 4. The summed E-state index contributed by atoms with van der Waals surface area (Å²) in [7, 11) is 1.86. The van der Waals surface area contributed by atoms with Gasteiger partial charge in [0.1, 0.15) is 0 Å². The molecule has 0 aliphatic carbocycles. The van der Waals surface area contributed by atoms with Gasteiger partial charge in [0.05, 0.1) is 0 Å². The van der Waals surface area contributed by atoms with Gasteiger partial charge in [-0.15, -0.1) is 0 Å². The number of nitrogens with two attached hydrogens (primary N) is 1. The Morgan fingerprint density at radius 2 is 2.44 bits per heavy atom. The van der Waals surface area contributed by atoms with Crippen LogP contribution in [0.5, 0.6) is 0 Å². The maximum absolute atomic E-state index is 5.07. The Hall–Kier alpha value is 0.398. The number of rotatable bonds is 5. The van der Waals surface area contributed by atoms with E-state index in [1.165, 1.54) is 19.4 Å². The van der Waals surface area contributed by atoms with Crippen molar-refractivity contribution < 1.29 is 24.1 Å². The van der Waals surface area contributed by atoms with Crippen molar-refractivity contribution in [1.82, 2.24) is 10.6 Å². The normalized spacial score (nSPS) is 9.56. The van der Waals surface area contributed by atoms with Gasteiger partial charge >= 0.3 is 65.1 Å². The molecule has 0 aromatic carbocycles. The molecule has 0 radical (unpaired) electrons. The van der Waals surface area contributed by atoms with E-state index in [9.17, 15) is 0 Å². The van der Waals surface area contributed by atoms with Crippen LogP contribution in [0.4, 0.5) is 0 Å². The predicted octanol–water partition coefficient (Wildman–Crippen LogP) is -1.68. The van der Waals surface area contributed by atoms with Crippen LogP contribution in [0, 0.1) is 0 Å². The van der Waals surface area contributed by atoms with Gasteiger partial charge in [0, 0.05) is 0 Å². The van der Waals surface area contributed by atoms with E-state index >= 15 is 0 Å². The molecule has 0 saturated carbocycles. The summed E-state index contributed by atoms with van der Waals surface area (Å²) in [6.45, 7) is 0.746. The molecule has 0 bridgehead atoms. The van der Waals surface area contributed by atoms with Gasteiger partial charge in [-0.2, -0.15) is 0 Å². The minimum atomic E-state index is 0.263. The summed E-state index contributed by atoms with van der Waals surface area (Å²) < 4.78 is 5.88. The first-order valence-corrected chi connectivity index (χ1v) is 4.01. The number of ether oxygens (including phenoxy) is 1. The molecular weight excluding hydrogens is 290 g/mol. The molecule has 0 unspecified atom stereocenters. The maximum atomic E-state index is 5.07. The second-order valence-corrected chi connectivity index (χ2v) is 2.74. The van der Waals surface area contributed by atoms with Crippen LogP contribution in [0.25, 0.3) is 0 Å². The van der Waals surface area contributed by atoms with Gasteiger partial charge in [0.15, 0.2) is 0 Å². The van der Waals surface area contributed by atoms with Gasteiger partial charge in [0.25, 0.3) is 0 Å². The van der Waals surface area contributed by atoms with E-state index in [1.807, 2.05) is 7.05 Å². The minimum absolute atomic E-state index is 0.263. The molecule has 0 fully saturated rings. The van der Waals surface area contributed by atoms with Gasteiger partial charge in [0.2, 0.25) is 0 Å². The predicted molar refractivity (Wildman–Crippen MR) is 32.2 cm³/mol. The molecule has 54 valence electrons. The Morgan fingerprint density at radius 3 is 2.89 bits per heavy atom. The van der Waals surface area contributed by atoms with Crippen molar-refractivity contribution in [3.05, 3.63) is 0 Å². The van der Waals surface area contributed by atoms with Crippen LogP contribution >= 0.6 is 0 Å². The molecule has 0 amide bonds. The van der Waals surface area contributed by atoms with Crippen molar-refractivity contribution in [2.45, 2.75) is 0 Å². The summed E-state index contributed by atoms with van der Waals surface area (Å²) in [5.74, 6) is 0. The average Bonchev–Trinajstić information content (AvgIpc) is 1.89. The Labute approximate surface area is 65.5 Å². The molecular formula is C4H11N3OW. The van der Waals surface area contributed by atoms with E-state index in [2.05, 4.69) is 10.6 Å². The summed E-state index contributed by atoms with van der Waals surface area (Å²) in [5.41, 5.74) is 5.07. The van der Waals surface area contributed by atoms with E-state index in [1.54, 1.807) is 0 Å². The third-order valence-electron chi connectivity index (χ3n) is 0.680. The topological polar surface area (TPSA) is 59.3 Å². The summed E-state index contributed by atoms with van der Waals surface area (Å²) >= 11 is 1.35. The Kier molecular flexibility index (Phi) is 6.81. The van der Waals surface area contributed by atoms with Crippen LogP contribution in [0.1, 0.15) is 0 Å². The number of nitrogens with one attached hydrogen (secondary N) is 2. The quantitative estimate of drug-likeness (QED) is 0.419. The first-order chi connectivity index (χ1) is 4.31. The molecule has 0 aromatic heterocycles. The molecule has 0 rings (SSSR count). The molecule has 5 heteroatoms. The molecule has 4 nitrogen and oxygen atoms in total. The van der Waals surface area contributed by atoms with Crippen LogP contribution in [-0.4, -0.2) is 24.7 Å². The molecule has 9 heavy (non-hydrogen) atoms. The van der Waals surface area contributed by atoms with E-state index < -0.39 is 0 Å². The molecule has 0 atom stereocenters. The summed E-state index contributed by atoms with van der Waals surface area (Å²) in [6.07, 6.45) is 0. The third-order valence-corrected chi connectivity index (χ3v) is 1.93. The van der Waals surface area contributed by atoms with E-state index in [-0.39, 0.29) is 6.73 Å². The summed E-state index contributed by atoms with van der Waals surface area (Å²) in [5, 5.41) is 5.92. The van der Waals surface area contributed by atoms with E-state index in [4.69, 9.17) is 10.5 Å². The number of hydrogen-bond donors (Lipinski definition) is 3. The zero-order valence-electron chi connectivity index (χ0n) is 5.31. The zero-order valence-corrected chi connectivity index (χ0v) is 8.24. The fourth-order valence-corrected chi connectivity index (χ4v) is 0.476. The summed E-state index contributed by atoms with van der Waals surface area (Å²) in [6, 6.07) is 0. The Bertz CT molecular complexity index is 87.9. The molecule has 0 aromatic rings. The average molecular weight is 301 g/mol. The van der Waals surface area contributed by atoms with Crippen molar-refractivity contribution >= 4 is 4.15 Å². The monoisotopic (exact) mass is 301 g/mol.